The average Bonchev–Trinajstić information content (AvgIpc) is 3.73. The van der Waals surface area contributed by atoms with Gasteiger partial charge < -0.3 is 14.5 Å². The molecule has 2 aliphatic rings. The number of imidazole rings is 1. The van der Waals surface area contributed by atoms with Crippen LogP contribution >= 0.6 is 0 Å². The van der Waals surface area contributed by atoms with Gasteiger partial charge in [-0.15, -0.1) is 10.2 Å². The molecule has 2 aliphatic carbocycles. The number of nitrogens with one attached hydrogen (secondary N) is 1. The van der Waals surface area contributed by atoms with E-state index < -0.39 is 11.7 Å². The lowest BCUT2D eigenvalue weighted by atomic mass is 10.1. The summed E-state index contributed by atoms with van der Waals surface area (Å²) < 4.78 is 18.1. The minimum absolute atomic E-state index is 0.204. The molecule has 0 bridgehead atoms. The first-order valence-electron chi connectivity index (χ1n) is 10.7. The maximum absolute atomic E-state index is 14.3. The molecular weight excluding hydrogens is 409 g/mol. The monoisotopic (exact) mass is 429 g/mol. The number of pyridine rings is 1. The summed E-state index contributed by atoms with van der Waals surface area (Å²) in [6, 6.07) is 9.97. The first kappa shape index (κ1) is 18.9. The second kappa shape index (κ2) is 7.37. The number of aromatic nitrogens is 6. The minimum Gasteiger partial charge on any atom is -0.309 e. The zero-order valence-electron chi connectivity index (χ0n) is 17.1. The van der Waals surface area contributed by atoms with E-state index >= 15 is 0 Å². The van der Waals surface area contributed by atoms with Crippen LogP contribution in [-0.2, 0) is 0 Å². The molecule has 0 atom stereocenters. The largest absolute Gasteiger partial charge is 0.309 e. The van der Waals surface area contributed by atoms with E-state index in [1.54, 1.807) is 35.4 Å². The first-order chi connectivity index (χ1) is 15.6. The quantitative estimate of drug-likeness (QED) is 0.498. The highest BCUT2D eigenvalue weighted by Crippen LogP contribution is 2.39. The predicted molar refractivity (Wildman–Crippen MR) is 115 cm³/mol. The van der Waals surface area contributed by atoms with Gasteiger partial charge >= 0.3 is 0 Å². The first-order valence-corrected chi connectivity index (χ1v) is 10.7. The molecule has 160 valence electrons. The molecule has 4 aromatic rings. The van der Waals surface area contributed by atoms with Gasteiger partial charge in [0.1, 0.15) is 23.7 Å². The van der Waals surface area contributed by atoms with Crippen LogP contribution in [0, 0.1) is 5.82 Å². The summed E-state index contributed by atoms with van der Waals surface area (Å²) in [4.78, 5) is 21.8. The standard InChI is InChI=1S/C23H20FN7O/c24-16-8-15(9-18(10-16)30-11-20(25-12-30)14-4-5-14)23(32)28-21-3-1-2-19(27-21)22-29-26-13-31(22)17-6-7-17/h1-3,8-14,17H,4-7H2,(H,27,28,32). The molecule has 32 heavy (non-hydrogen) atoms. The lowest BCUT2D eigenvalue weighted by Gasteiger charge is -2.09. The molecule has 3 aromatic heterocycles. The van der Waals surface area contributed by atoms with Crippen molar-refractivity contribution < 1.29 is 9.18 Å². The Bertz CT molecular complexity index is 1320. The van der Waals surface area contributed by atoms with Crippen molar-refractivity contribution in [1.82, 2.24) is 29.3 Å². The van der Waals surface area contributed by atoms with Gasteiger partial charge in [-0.05, 0) is 56.0 Å². The van der Waals surface area contributed by atoms with Crippen LogP contribution in [0.5, 0.6) is 0 Å². The fourth-order valence-electron chi connectivity index (χ4n) is 3.79. The summed E-state index contributed by atoms with van der Waals surface area (Å²) in [6.07, 6.45) is 9.73. The Morgan fingerprint density at radius 3 is 2.78 bits per heavy atom. The molecule has 1 N–H and O–H groups in total. The summed E-state index contributed by atoms with van der Waals surface area (Å²) >= 11 is 0. The lowest BCUT2D eigenvalue weighted by Crippen LogP contribution is -2.14. The van der Waals surface area contributed by atoms with Gasteiger partial charge in [0.25, 0.3) is 5.91 Å². The fourth-order valence-corrected chi connectivity index (χ4v) is 3.79. The molecule has 2 fully saturated rings. The summed E-state index contributed by atoms with van der Waals surface area (Å²) in [6.45, 7) is 0. The molecule has 2 saturated carbocycles. The van der Waals surface area contributed by atoms with Crippen molar-refractivity contribution >= 4 is 11.7 Å². The van der Waals surface area contributed by atoms with Crippen LogP contribution in [0.2, 0.25) is 0 Å². The van der Waals surface area contributed by atoms with E-state index in [0.29, 0.717) is 35.0 Å². The zero-order valence-corrected chi connectivity index (χ0v) is 17.1. The van der Waals surface area contributed by atoms with E-state index in [9.17, 15) is 9.18 Å². The Morgan fingerprint density at radius 2 is 1.97 bits per heavy atom. The van der Waals surface area contributed by atoms with Gasteiger partial charge in [0.05, 0.1) is 17.7 Å². The Labute approximate surface area is 183 Å². The van der Waals surface area contributed by atoms with Gasteiger partial charge in [-0.2, -0.15) is 0 Å². The van der Waals surface area contributed by atoms with Crippen LogP contribution in [0.4, 0.5) is 10.2 Å². The number of hydrogen-bond acceptors (Lipinski definition) is 5. The van der Waals surface area contributed by atoms with Gasteiger partial charge in [-0.3, -0.25) is 4.79 Å². The van der Waals surface area contributed by atoms with Crippen LogP contribution in [0.1, 0.15) is 53.7 Å². The van der Waals surface area contributed by atoms with Crippen molar-refractivity contribution in [2.24, 2.45) is 0 Å². The van der Waals surface area contributed by atoms with Gasteiger partial charge in [-0.1, -0.05) is 6.07 Å². The molecule has 1 amide bonds. The summed E-state index contributed by atoms with van der Waals surface area (Å²) in [5, 5.41) is 10.9. The fraction of sp³-hybridized carbons (Fsp3) is 0.261. The van der Waals surface area contributed by atoms with Gasteiger partial charge in [0.2, 0.25) is 0 Å². The molecule has 8 nitrogen and oxygen atoms in total. The summed E-state index contributed by atoms with van der Waals surface area (Å²) in [7, 11) is 0. The Balaban J connectivity index is 1.25. The second-order valence-electron chi connectivity index (χ2n) is 8.33. The molecule has 3 heterocycles. The highest BCUT2D eigenvalue weighted by Gasteiger charge is 2.27. The smallest absolute Gasteiger partial charge is 0.256 e. The molecular formula is C23H20FN7O. The number of nitrogens with zero attached hydrogens (tertiary/aromatic N) is 6. The van der Waals surface area contributed by atoms with Gasteiger partial charge in [0.15, 0.2) is 5.82 Å². The normalized spacial score (nSPS) is 15.7. The molecule has 9 heteroatoms. The Hall–Kier alpha value is -3.88. The van der Waals surface area contributed by atoms with E-state index in [2.05, 4.69) is 25.5 Å². The number of hydrogen-bond donors (Lipinski definition) is 1. The number of carbonyl (C=O) groups is 1. The number of anilines is 1. The number of halogens is 1. The zero-order chi connectivity index (χ0) is 21.7. The third-order valence-corrected chi connectivity index (χ3v) is 5.77. The Kier molecular flexibility index (Phi) is 4.34. The van der Waals surface area contributed by atoms with Crippen molar-refractivity contribution in [3.63, 3.8) is 0 Å². The third kappa shape index (κ3) is 3.66. The SMILES string of the molecule is O=C(Nc1cccc(-c2nncn2C2CC2)n1)c1cc(F)cc(-n2cnc(C3CC3)c2)c1. The summed E-state index contributed by atoms with van der Waals surface area (Å²) in [5.41, 5.74) is 2.38. The molecule has 0 saturated heterocycles. The van der Waals surface area contributed by atoms with E-state index in [1.165, 1.54) is 12.1 Å². The molecule has 0 unspecified atom stereocenters. The minimum atomic E-state index is -0.492. The van der Waals surface area contributed by atoms with Crippen molar-refractivity contribution in [2.75, 3.05) is 5.32 Å². The number of benzene rings is 1. The number of amides is 1. The molecule has 0 radical (unpaired) electrons. The molecule has 0 spiro atoms. The second-order valence-corrected chi connectivity index (χ2v) is 8.33. The summed E-state index contributed by atoms with van der Waals surface area (Å²) in [5.74, 6) is 0.595. The van der Waals surface area contributed by atoms with Crippen LogP contribution in [0.15, 0.2) is 55.2 Å². The molecule has 6 rings (SSSR count). The van der Waals surface area contributed by atoms with Crippen molar-refractivity contribution in [3.8, 4) is 17.2 Å². The maximum Gasteiger partial charge on any atom is 0.256 e. The predicted octanol–water partition coefficient (Wildman–Crippen LogP) is 4.13. The van der Waals surface area contributed by atoms with Crippen LogP contribution in [-0.4, -0.2) is 35.2 Å². The highest BCUT2D eigenvalue weighted by molar-refractivity contribution is 6.04. The molecule has 0 aliphatic heterocycles. The Morgan fingerprint density at radius 1 is 1.09 bits per heavy atom. The van der Waals surface area contributed by atoms with Crippen molar-refractivity contribution in [1.29, 1.82) is 0 Å². The van der Waals surface area contributed by atoms with E-state index in [4.69, 9.17) is 0 Å². The lowest BCUT2D eigenvalue weighted by molar-refractivity contribution is 0.102. The molecule has 1 aromatic carbocycles. The third-order valence-electron chi connectivity index (χ3n) is 5.77. The van der Waals surface area contributed by atoms with Gasteiger partial charge in [-0.25, -0.2) is 14.4 Å². The topological polar surface area (TPSA) is 90.5 Å². The van der Waals surface area contributed by atoms with E-state index in [0.717, 1.165) is 31.4 Å². The average molecular weight is 429 g/mol. The number of rotatable bonds is 6. The van der Waals surface area contributed by atoms with Crippen LogP contribution in [0.3, 0.4) is 0 Å². The van der Waals surface area contributed by atoms with Crippen molar-refractivity contribution in [3.05, 3.63) is 72.3 Å². The van der Waals surface area contributed by atoms with E-state index in [1.807, 2.05) is 16.8 Å². The number of carbonyl (C=O) groups excluding carboxylic acids is 1. The van der Waals surface area contributed by atoms with Crippen LogP contribution < -0.4 is 5.32 Å². The van der Waals surface area contributed by atoms with Gasteiger partial charge in [0, 0.05) is 23.7 Å². The maximum atomic E-state index is 14.3. The van der Waals surface area contributed by atoms with Crippen LogP contribution in [0.25, 0.3) is 17.2 Å². The van der Waals surface area contributed by atoms with E-state index in [-0.39, 0.29) is 5.56 Å². The van der Waals surface area contributed by atoms with Crippen molar-refractivity contribution in [2.45, 2.75) is 37.6 Å². The highest BCUT2D eigenvalue weighted by atomic mass is 19.1.